The van der Waals surface area contributed by atoms with Crippen molar-refractivity contribution in [2.24, 2.45) is 0 Å². The number of phenols is 3. The van der Waals surface area contributed by atoms with E-state index in [1.165, 1.54) is 31.2 Å². The molecule has 2 aromatic carbocycles. The summed E-state index contributed by atoms with van der Waals surface area (Å²) >= 11 is 0. The molecule has 3 aromatic rings. The summed E-state index contributed by atoms with van der Waals surface area (Å²) in [4.78, 5) is 12.5. The molecule has 0 bridgehead atoms. The molecule has 1 fully saturated rings. The number of aliphatic hydroxyl groups excluding tert-OH is 3. The summed E-state index contributed by atoms with van der Waals surface area (Å²) < 4.78 is 16.7. The molecule has 0 aliphatic carbocycles. The summed E-state index contributed by atoms with van der Waals surface area (Å²) in [6.45, 7) is 1.52. The molecule has 1 saturated heterocycles. The largest absolute Gasteiger partial charge is 0.504 e. The molecule has 0 saturated carbocycles. The first-order chi connectivity index (χ1) is 14.7. The lowest BCUT2D eigenvalue weighted by molar-refractivity contribution is -0.268. The van der Waals surface area contributed by atoms with Crippen LogP contribution >= 0.6 is 0 Å². The van der Waals surface area contributed by atoms with Crippen LogP contribution in [0.2, 0.25) is 0 Å². The second-order valence-electron chi connectivity index (χ2n) is 7.30. The monoisotopic (exact) mass is 432 g/mol. The lowest BCUT2D eigenvalue weighted by atomic mass is 10.00. The van der Waals surface area contributed by atoms with Gasteiger partial charge in [-0.05, 0) is 31.2 Å². The smallest absolute Gasteiger partial charge is 0.229 e. The van der Waals surface area contributed by atoms with Gasteiger partial charge in [0.25, 0.3) is 0 Å². The van der Waals surface area contributed by atoms with Gasteiger partial charge in [-0.1, -0.05) is 0 Å². The molecule has 0 radical (unpaired) electrons. The number of hydrogen-bond donors (Lipinski definition) is 6. The predicted molar refractivity (Wildman–Crippen MR) is 106 cm³/mol. The van der Waals surface area contributed by atoms with Gasteiger partial charge in [0.15, 0.2) is 22.7 Å². The molecule has 0 amide bonds. The van der Waals surface area contributed by atoms with Crippen molar-refractivity contribution in [2.75, 3.05) is 0 Å². The van der Waals surface area contributed by atoms with Crippen molar-refractivity contribution in [1.82, 2.24) is 0 Å². The van der Waals surface area contributed by atoms with E-state index < -0.39 is 53.4 Å². The third kappa shape index (κ3) is 3.77. The summed E-state index contributed by atoms with van der Waals surface area (Å²) in [6, 6.07) is 7.69. The van der Waals surface area contributed by atoms with E-state index in [9.17, 15) is 35.4 Å². The normalized spacial score (nSPS) is 26.1. The fourth-order valence-corrected chi connectivity index (χ4v) is 3.34. The van der Waals surface area contributed by atoms with Crippen LogP contribution in [0.25, 0.3) is 22.3 Å². The fourth-order valence-electron chi connectivity index (χ4n) is 3.34. The standard InChI is InChI=1S/C21H20O10/c1-8-17(25)19(27)20(28)21(29-8)30-10-2-3-11-12(22)7-15(31-16(11)6-10)9-4-13(23)18(26)14(24)5-9/h2-8,17,19-21,23-28H,1H3. The van der Waals surface area contributed by atoms with Gasteiger partial charge in [0.2, 0.25) is 6.29 Å². The van der Waals surface area contributed by atoms with Gasteiger partial charge in [-0.25, -0.2) is 0 Å². The van der Waals surface area contributed by atoms with Gasteiger partial charge in [0.1, 0.15) is 35.4 Å². The summed E-state index contributed by atoms with van der Waals surface area (Å²) in [6.07, 6.45) is -6.31. The van der Waals surface area contributed by atoms with E-state index in [2.05, 4.69) is 0 Å². The first kappa shape index (κ1) is 20.9. The molecule has 0 spiro atoms. The van der Waals surface area contributed by atoms with Gasteiger partial charge < -0.3 is 44.5 Å². The Morgan fingerprint density at radius 2 is 1.58 bits per heavy atom. The topological polar surface area (TPSA) is 170 Å². The Balaban J connectivity index is 1.70. The minimum atomic E-state index is -1.51. The molecule has 4 rings (SSSR count). The van der Waals surface area contributed by atoms with Crippen LogP contribution in [0.5, 0.6) is 23.0 Å². The zero-order chi connectivity index (χ0) is 22.4. The van der Waals surface area contributed by atoms with E-state index in [4.69, 9.17) is 13.9 Å². The molecular formula is C21H20O10. The Labute approximate surface area is 174 Å². The van der Waals surface area contributed by atoms with Crippen LogP contribution in [-0.2, 0) is 4.74 Å². The second-order valence-corrected chi connectivity index (χ2v) is 7.30. The molecule has 1 aromatic heterocycles. The van der Waals surface area contributed by atoms with Crippen molar-refractivity contribution in [3.05, 3.63) is 46.6 Å². The first-order valence-electron chi connectivity index (χ1n) is 9.35. The second kappa shape index (κ2) is 7.75. The van der Waals surface area contributed by atoms with E-state index in [1.807, 2.05) is 0 Å². The van der Waals surface area contributed by atoms with E-state index in [1.54, 1.807) is 0 Å². The molecule has 164 valence electrons. The Kier molecular flexibility index (Phi) is 5.23. The minimum Gasteiger partial charge on any atom is -0.504 e. The Hall–Kier alpha value is -3.31. The number of aromatic hydroxyl groups is 3. The number of aliphatic hydroxyl groups is 3. The van der Waals surface area contributed by atoms with E-state index in [0.29, 0.717) is 0 Å². The number of hydrogen-bond acceptors (Lipinski definition) is 10. The van der Waals surface area contributed by atoms with Gasteiger partial charge in [0, 0.05) is 17.7 Å². The molecule has 5 atom stereocenters. The van der Waals surface area contributed by atoms with Gasteiger partial charge in [-0.3, -0.25) is 4.79 Å². The minimum absolute atomic E-state index is 0.0152. The Morgan fingerprint density at radius 3 is 2.26 bits per heavy atom. The number of benzene rings is 2. The highest BCUT2D eigenvalue weighted by atomic mass is 16.7. The lowest BCUT2D eigenvalue weighted by Crippen LogP contribution is -2.58. The number of ether oxygens (including phenoxy) is 2. The molecule has 31 heavy (non-hydrogen) atoms. The van der Waals surface area contributed by atoms with E-state index in [-0.39, 0.29) is 28.0 Å². The first-order valence-corrected chi connectivity index (χ1v) is 9.35. The average molecular weight is 432 g/mol. The van der Waals surface area contributed by atoms with Crippen molar-refractivity contribution in [3.8, 4) is 34.3 Å². The van der Waals surface area contributed by atoms with Crippen LogP contribution in [0.4, 0.5) is 0 Å². The van der Waals surface area contributed by atoms with Crippen LogP contribution in [-0.4, -0.2) is 61.3 Å². The molecule has 10 nitrogen and oxygen atoms in total. The summed E-state index contributed by atoms with van der Waals surface area (Å²) in [7, 11) is 0. The lowest BCUT2D eigenvalue weighted by Gasteiger charge is -2.38. The van der Waals surface area contributed by atoms with Gasteiger partial charge in [-0.2, -0.15) is 0 Å². The molecule has 5 unspecified atom stereocenters. The van der Waals surface area contributed by atoms with Crippen molar-refractivity contribution < 1.29 is 44.5 Å². The van der Waals surface area contributed by atoms with Crippen LogP contribution in [0.15, 0.2) is 45.6 Å². The third-order valence-electron chi connectivity index (χ3n) is 5.12. The van der Waals surface area contributed by atoms with Crippen LogP contribution in [0.3, 0.4) is 0 Å². The summed E-state index contributed by atoms with van der Waals surface area (Å²) in [5, 5.41) is 58.9. The summed E-state index contributed by atoms with van der Waals surface area (Å²) in [5.41, 5.74) is -0.156. The van der Waals surface area contributed by atoms with E-state index >= 15 is 0 Å². The van der Waals surface area contributed by atoms with Gasteiger partial charge in [-0.15, -0.1) is 0 Å². The third-order valence-corrected chi connectivity index (χ3v) is 5.12. The average Bonchev–Trinajstić information content (AvgIpc) is 2.73. The molecule has 1 aliphatic heterocycles. The maximum atomic E-state index is 12.5. The predicted octanol–water partition coefficient (Wildman–Crippen LogP) is 0.783. The zero-order valence-electron chi connectivity index (χ0n) is 16.2. The van der Waals surface area contributed by atoms with Crippen molar-refractivity contribution >= 4 is 11.0 Å². The highest BCUT2D eigenvalue weighted by Gasteiger charge is 2.43. The molecule has 1 aliphatic rings. The highest BCUT2D eigenvalue weighted by molar-refractivity contribution is 5.80. The highest BCUT2D eigenvalue weighted by Crippen LogP contribution is 2.39. The molecule has 6 N–H and O–H groups in total. The quantitative estimate of drug-likeness (QED) is 0.325. The molecule has 10 heteroatoms. The fraction of sp³-hybridized carbons (Fsp3) is 0.286. The van der Waals surface area contributed by atoms with Gasteiger partial charge >= 0.3 is 0 Å². The van der Waals surface area contributed by atoms with Crippen LogP contribution in [0.1, 0.15) is 6.92 Å². The van der Waals surface area contributed by atoms with Crippen LogP contribution in [0, 0.1) is 0 Å². The zero-order valence-corrected chi connectivity index (χ0v) is 16.2. The molecule has 2 heterocycles. The Bertz CT molecular complexity index is 1160. The number of phenolic OH excluding ortho intramolecular Hbond substituents is 3. The maximum Gasteiger partial charge on any atom is 0.229 e. The molecular weight excluding hydrogens is 412 g/mol. The maximum absolute atomic E-state index is 12.5. The summed E-state index contributed by atoms with van der Waals surface area (Å²) in [5.74, 6) is -1.71. The number of rotatable bonds is 3. The van der Waals surface area contributed by atoms with E-state index in [0.717, 1.165) is 12.1 Å². The van der Waals surface area contributed by atoms with Crippen molar-refractivity contribution in [2.45, 2.75) is 37.6 Å². The Morgan fingerprint density at radius 1 is 0.903 bits per heavy atom. The van der Waals surface area contributed by atoms with Crippen molar-refractivity contribution in [3.63, 3.8) is 0 Å². The SMILES string of the molecule is CC1OC(Oc2ccc3c(=O)cc(-c4cc(O)c(O)c(O)c4)oc3c2)C(O)C(O)C1O. The van der Waals surface area contributed by atoms with Crippen molar-refractivity contribution in [1.29, 1.82) is 0 Å². The van der Waals surface area contributed by atoms with Gasteiger partial charge in [0.05, 0.1) is 11.5 Å². The van der Waals surface area contributed by atoms with Crippen LogP contribution < -0.4 is 10.2 Å². The number of fused-ring (bicyclic) bond motifs is 1.